The van der Waals surface area contributed by atoms with Crippen molar-refractivity contribution in [2.45, 2.75) is 13.5 Å². The molecule has 0 unspecified atom stereocenters. The zero-order valence-corrected chi connectivity index (χ0v) is 16.1. The van der Waals surface area contributed by atoms with Gasteiger partial charge in [0.2, 0.25) is 0 Å². The molecule has 0 bridgehead atoms. The van der Waals surface area contributed by atoms with Crippen molar-refractivity contribution in [1.82, 2.24) is 9.55 Å². The molecule has 0 saturated carbocycles. The molecule has 0 atom stereocenters. The Morgan fingerprint density at radius 2 is 1.72 bits per heavy atom. The number of rotatable bonds is 6. The highest BCUT2D eigenvalue weighted by Gasteiger charge is 2.12. The largest absolute Gasteiger partial charge is 0.485 e. The van der Waals surface area contributed by atoms with Crippen molar-refractivity contribution in [3.05, 3.63) is 108 Å². The van der Waals surface area contributed by atoms with E-state index in [1.165, 1.54) is 0 Å². The van der Waals surface area contributed by atoms with Crippen LogP contribution >= 0.6 is 0 Å². The smallest absolute Gasteiger partial charge is 0.256 e. The lowest BCUT2D eigenvalue weighted by molar-refractivity contribution is 0.102. The average molecular weight is 383 g/mol. The van der Waals surface area contributed by atoms with Gasteiger partial charge < -0.3 is 14.6 Å². The fraction of sp³-hybridized carbons (Fsp3) is 0.0833. The van der Waals surface area contributed by atoms with E-state index in [1.807, 2.05) is 72.4 Å². The molecule has 2 heterocycles. The van der Waals surface area contributed by atoms with Crippen LogP contribution in [0, 0.1) is 6.92 Å². The van der Waals surface area contributed by atoms with E-state index in [4.69, 9.17) is 4.74 Å². The van der Waals surface area contributed by atoms with Crippen molar-refractivity contribution in [2.75, 3.05) is 5.32 Å². The fourth-order valence-corrected chi connectivity index (χ4v) is 3.00. The number of ether oxygens (including phenoxy) is 1. The molecule has 0 radical (unpaired) electrons. The van der Waals surface area contributed by atoms with Crippen LogP contribution in [-0.2, 0) is 6.61 Å². The van der Waals surface area contributed by atoms with Gasteiger partial charge in [0, 0.05) is 29.8 Å². The number of aromatic nitrogens is 2. The molecular weight excluding hydrogens is 362 g/mol. The molecule has 4 rings (SSSR count). The number of carbonyl (C=O) groups excluding carboxylic acids is 1. The van der Waals surface area contributed by atoms with Crippen molar-refractivity contribution in [2.24, 2.45) is 0 Å². The summed E-state index contributed by atoms with van der Waals surface area (Å²) in [5.74, 6) is 0.706. The van der Waals surface area contributed by atoms with E-state index in [0.717, 1.165) is 16.8 Å². The maximum atomic E-state index is 12.7. The average Bonchev–Trinajstić information content (AvgIpc) is 3.29. The first kappa shape index (κ1) is 18.5. The number of anilines is 1. The Morgan fingerprint density at radius 1 is 0.966 bits per heavy atom. The highest BCUT2D eigenvalue weighted by atomic mass is 16.5. The Balaban J connectivity index is 1.46. The van der Waals surface area contributed by atoms with Crippen LogP contribution in [0.25, 0.3) is 5.69 Å². The fourth-order valence-electron chi connectivity index (χ4n) is 3.00. The number of nitrogens with one attached hydrogen (secondary N) is 1. The van der Waals surface area contributed by atoms with E-state index in [-0.39, 0.29) is 5.91 Å². The summed E-state index contributed by atoms with van der Waals surface area (Å²) in [6.07, 6.45) is 5.55. The lowest BCUT2D eigenvalue weighted by Crippen LogP contribution is -2.14. The number of nitrogens with zero attached hydrogens (tertiary/aromatic N) is 2. The molecule has 5 heteroatoms. The number of amides is 1. The van der Waals surface area contributed by atoms with Crippen LogP contribution in [0.2, 0.25) is 0 Å². The van der Waals surface area contributed by atoms with E-state index >= 15 is 0 Å². The van der Waals surface area contributed by atoms with Crippen LogP contribution in [0.15, 0.2) is 91.4 Å². The van der Waals surface area contributed by atoms with E-state index < -0.39 is 0 Å². The highest BCUT2D eigenvalue weighted by molar-refractivity contribution is 6.04. The summed E-state index contributed by atoms with van der Waals surface area (Å²) in [7, 11) is 0. The van der Waals surface area contributed by atoms with Gasteiger partial charge in [-0.25, -0.2) is 4.98 Å². The molecule has 144 valence electrons. The van der Waals surface area contributed by atoms with Crippen molar-refractivity contribution >= 4 is 11.7 Å². The van der Waals surface area contributed by atoms with Gasteiger partial charge in [-0.3, -0.25) is 4.79 Å². The van der Waals surface area contributed by atoms with Gasteiger partial charge in [0.05, 0.1) is 0 Å². The van der Waals surface area contributed by atoms with Gasteiger partial charge in [-0.2, -0.15) is 0 Å². The lowest BCUT2D eigenvalue weighted by Gasteiger charge is -2.13. The monoisotopic (exact) mass is 383 g/mol. The summed E-state index contributed by atoms with van der Waals surface area (Å²) in [5.41, 5.74) is 3.79. The zero-order valence-electron chi connectivity index (χ0n) is 16.1. The second-order valence-electron chi connectivity index (χ2n) is 6.66. The molecular formula is C24H21N3O2. The summed E-state index contributed by atoms with van der Waals surface area (Å²) in [5, 5.41) is 2.85. The molecule has 0 saturated heterocycles. The second kappa shape index (κ2) is 8.44. The highest BCUT2D eigenvalue weighted by Crippen LogP contribution is 2.23. The number of pyridine rings is 1. The van der Waals surface area contributed by atoms with Crippen molar-refractivity contribution in [1.29, 1.82) is 0 Å². The normalized spacial score (nSPS) is 10.5. The topological polar surface area (TPSA) is 56.1 Å². The van der Waals surface area contributed by atoms with Crippen molar-refractivity contribution < 1.29 is 9.53 Å². The Hall–Kier alpha value is -3.86. The number of carbonyl (C=O) groups is 1. The molecule has 4 aromatic rings. The van der Waals surface area contributed by atoms with Gasteiger partial charge in [0.25, 0.3) is 5.91 Å². The number of hydrogen-bond acceptors (Lipinski definition) is 3. The Labute approximate surface area is 169 Å². The molecule has 29 heavy (non-hydrogen) atoms. The maximum Gasteiger partial charge on any atom is 0.256 e. The van der Waals surface area contributed by atoms with Crippen LogP contribution in [0.4, 0.5) is 5.82 Å². The SMILES string of the molecule is Cc1ccccc1COc1cccnc1NC(=O)c1ccc(-n2cccc2)cc1. The molecule has 2 aromatic heterocycles. The van der Waals surface area contributed by atoms with E-state index in [2.05, 4.69) is 10.3 Å². The van der Waals surface area contributed by atoms with Gasteiger partial charge in [0.1, 0.15) is 6.61 Å². The zero-order chi connectivity index (χ0) is 20.1. The first-order valence-corrected chi connectivity index (χ1v) is 9.38. The molecule has 0 aliphatic heterocycles. The van der Waals surface area contributed by atoms with Crippen molar-refractivity contribution in [3.8, 4) is 11.4 Å². The van der Waals surface area contributed by atoms with Gasteiger partial charge in [-0.1, -0.05) is 24.3 Å². The number of hydrogen-bond donors (Lipinski definition) is 1. The predicted octanol–water partition coefficient (Wildman–Crippen LogP) is 5.01. The van der Waals surface area contributed by atoms with Crippen molar-refractivity contribution in [3.63, 3.8) is 0 Å². The molecule has 1 amide bonds. The Morgan fingerprint density at radius 3 is 2.48 bits per heavy atom. The van der Waals surface area contributed by atoms with E-state index in [1.54, 1.807) is 30.5 Å². The third-order valence-corrected chi connectivity index (χ3v) is 4.68. The first-order chi connectivity index (χ1) is 14.2. The number of aryl methyl sites for hydroxylation is 1. The molecule has 2 aromatic carbocycles. The summed E-state index contributed by atoms with van der Waals surface area (Å²) in [6.45, 7) is 2.45. The molecule has 5 nitrogen and oxygen atoms in total. The molecule has 0 aliphatic carbocycles. The summed E-state index contributed by atoms with van der Waals surface area (Å²) in [4.78, 5) is 17.0. The standard InChI is InChI=1S/C24H21N3O2/c1-18-7-2-3-8-20(18)17-29-22-9-6-14-25-23(22)26-24(28)19-10-12-21(13-11-19)27-15-4-5-16-27/h2-16H,17H2,1H3,(H,25,26,28). The first-order valence-electron chi connectivity index (χ1n) is 9.38. The third-order valence-electron chi connectivity index (χ3n) is 4.68. The number of benzene rings is 2. The quantitative estimate of drug-likeness (QED) is 0.509. The molecule has 0 aliphatic rings. The molecule has 1 N–H and O–H groups in total. The van der Waals surface area contributed by atoms with E-state index in [9.17, 15) is 4.79 Å². The minimum Gasteiger partial charge on any atom is -0.485 e. The Bertz CT molecular complexity index is 1100. The predicted molar refractivity (Wildman–Crippen MR) is 113 cm³/mol. The Kier molecular flexibility index (Phi) is 5.38. The van der Waals surface area contributed by atoms with Crippen LogP contribution in [-0.4, -0.2) is 15.5 Å². The molecule has 0 fully saturated rings. The second-order valence-corrected chi connectivity index (χ2v) is 6.66. The van der Waals surface area contributed by atoms with Crippen LogP contribution in [0.3, 0.4) is 0 Å². The van der Waals surface area contributed by atoms with Crippen LogP contribution in [0.1, 0.15) is 21.5 Å². The van der Waals surface area contributed by atoms with Gasteiger partial charge in [-0.05, 0) is 66.6 Å². The van der Waals surface area contributed by atoms with Gasteiger partial charge in [-0.15, -0.1) is 0 Å². The summed E-state index contributed by atoms with van der Waals surface area (Å²) in [6, 6.07) is 22.9. The summed E-state index contributed by atoms with van der Waals surface area (Å²) >= 11 is 0. The maximum absolute atomic E-state index is 12.7. The van der Waals surface area contributed by atoms with Crippen LogP contribution < -0.4 is 10.1 Å². The molecule has 0 spiro atoms. The minimum atomic E-state index is -0.233. The van der Waals surface area contributed by atoms with Gasteiger partial charge in [0.15, 0.2) is 11.6 Å². The third kappa shape index (κ3) is 4.35. The lowest BCUT2D eigenvalue weighted by atomic mass is 10.1. The van der Waals surface area contributed by atoms with E-state index in [0.29, 0.717) is 23.7 Å². The van der Waals surface area contributed by atoms with Crippen LogP contribution in [0.5, 0.6) is 5.75 Å². The minimum absolute atomic E-state index is 0.233. The van der Waals surface area contributed by atoms with Gasteiger partial charge >= 0.3 is 0 Å². The summed E-state index contributed by atoms with van der Waals surface area (Å²) < 4.78 is 7.91.